The molecule has 0 amide bonds. The molecule has 0 aliphatic rings. The summed E-state index contributed by atoms with van der Waals surface area (Å²) >= 11 is 0. The summed E-state index contributed by atoms with van der Waals surface area (Å²) < 4.78 is 9.67. The van der Waals surface area contributed by atoms with Crippen molar-refractivity contribution >= 4 is 5.97 Å². The normalized spacial score (nSPS) is 15.3. The van der Waals surface area contributed by atoms with Crippen molar-refractivity contribution in [3.63, 3.8) is 0 Å². The van der Waals surface area contributed by atoms with E-state index in [1.807, 2.05) is 0 Å². The van der Waals surface area contributed by atoms with Crippen molar-refractivity contribution in [2.45, 2.75) is 32.5 Å². The number of rotatable bonds is 5. The van der Waals surface area contributed by atoms with E-state index in [9.17, 15) is 4.79 Å². The first-order chi connectivity index (χ1) is 5.61. The van der Waals surface area contributed by atoms with Crippen molar-refractivity contribution in [1.29, 1.82) is 0 Å². The number of aliphatic hydroxyl groups excluding tert-OH is 1. The van der Waals surface area contributed by atoms with Crippen molar-refractivity contribution < 1.29 is 19.4 Å². The first-order valence-electron chi connectivity index (χ1n) is 3.96. The monoisotopic (exact) mass is 176 g/mol. The first kappa shape index (κ1) is 11.4. The van der Waals surface area contributed by atoms with E-state index in [1.54, 1.807) is 13.8 Å². The molecule has 0 heterocycles. The minimum absolute atomic E-state index is 0.0236. The number of carbonyl (C=O) groups is 1. The number of methoxy groups -OCH3 is 1. The topological polar surface area (TPSA) is 55.8 Å². The predicted octanol–water partition coefficient (Wildman–Crippen LogP) is 0.335. The summed E-state index contributed by atoms with van der Waals surface area (Å²) in [5, 5.41) is 8.52. The molecule has 1 N–H and O–H groups in total. The van der Waals surface area contributed by atoms with Crippen molar-refractivity contribution in [2.24, 2.45) is 0 Å². The van der Waals surface area contributed by atoms with Gasteiger partial charge in [-0.25, -0.2) is 4.79 Å². The van der Waals surface area contributed by atoms with Gasteiger partial charge in [0, 0.05) is 20.1 Å². The van der Waals surface area contributed by atoms with Crippen molar-refractivity contribution in [2.75, 3.05) is 13.7 Å². The standard InChI is InChI=1S/C8H16O4/c1-6(4-5-9)12-8(10)7(2)11-3/h6-7,9H,4-5H2,1-3H3. The maximum absolute atomic E-state index is 11.0. The van der Waals surface area contributed by atoms with Crippen LogP contribution in [0.15, 0.2) is 0 Å². The summed E-state index contributed by atoms with van der Waals surface area (Å²) in [4.78, 5) is 11.0. The van der Waals surface area contributed by atoms with Gasteiger partial charge in [0.25, 0.3) is 0 Å². The predicted molar refractivity (Wildman–Crippen MR) is 43.7 cm³/mol. The number of aliphatic hydroxyl groups is 1. The maximum atomic E-state index is 11.0. The van der Waals surface area contributed by atoms with Gasteiger partial charge in [0.15, 0.2) is 6.10 Å². The molecule has 0 aliphatic heterocycles. The second-order valence-corrected chi connectivity index (χ2v) is 2.64. The summed E-state index contributed by atoms with van der Waals surface area (Å²) in [6, 6.07) is 0. The van der Waals surface area contributed by atoms with Gasteiger partial charge in [-0.05, 0) is 13.8 Å². The van der Waals surface area contributed by atoms with E-state index in [4.69, 9.17) is 14.6 Å². The SMILES string of the molecule is COC(C)C(=O)OC(C)CCO. The van der Waals surface area contributed by atoms with E-state index in [2.05, 4.69) is 0 Å². The molecule has 0 radical (unpaired) electrons. The molecular weight excluding hydrogens is 160 g/mol. The van der Waals surface area contributed by atoms with Gasteiger partial charge >= 0.3 is 5.97 Å². The third-order valence-corrected chi connectivity index (χ3v) is 1.54. The fourth-order valence-electron chi connectivity index (χ4n) is 0.631. The minimum atomic E-state index is -0.536. The van der Waals surface area contributed by atoms with Crippen LogP contribution < -0.4 is 0 Å². The molecule has 4 heteroatoms. The Morgan fingerprint density at radius 3 is 2.50 bits per heavy atom. The van der Waals surface area contributed by atoms with Crippen LogP contribution in [0.25, 0.3) is 0 Å². The smallest absolute Gasteiger partial charge is 0.335 e. The van der Waals surface area contributed by atoms with Crippen LogP contribution >= 0.6 is 0 Å². The highest BCUT2D eigenvalue weighted by Crippen LogP contribution is 2.00. The summed E-state index contributed by atoms with van der Waals surface area (Å²) in [5.74, 6) is -0.390. The quantitative estimate of drug-likeness (QED) is 0.613. The zero-order valence-electron chi connectivity index (χ0n) is 7.74. The molecule has 0 aliphatic carbocycles. The average molecular weight is 176 g/mol. The highest BCUT2D eigenvalue weighted by atomic mass is 16.6. The van der Waals surface area contributed by atoms with Crippen LogP contribution in [0, 0.1) is 0 Å². The van der Waals surface area contributed by atoms with Crippen LogP contribution in [0.5, 0.6) is 0 Å². The van der Waals surface area contributed by atoms with Gasteiger partial charge in [-0.15, -0.1) is 0 Å². The van der Waals surface area contributed by atoms with Crippen molar-refractivity contribution in [1.82, 2.24) is 0 Å². The molecule has 0 saturated heterocycles. The number of esters is 1. The molecule has 2 atom stereocenters. The summed E-state index contributed by atoms with van der Waals surface area (Å²) in [6.07, 6.45) is -0.325. The van der Waals surface area contributed by atoms with E-state index in [0.717, 1.165) is 0 Å². The van der Waals surface area contributed by atoms with Crippen molar-refractivity contribution in [3.05, 3.63) is 0 Å². The van der Waals surface area contributed by atoms with Gasteiger partial charge in [0.1, 0.15) is 6.10 Å². The fraction of sp³-hybridized carbons (Fsp3) is 0.875. The lowest BCUT2D eigenvalue weighted by Gasteiger charge is -2.14. The fourth-order valence-corrected chi connectivity index (χ4v) is 0.631. The molecule has 72 valence electrons. The molecule has 2 unspecified atom stereocenters. The van der Waals surface area contributed by atoms with Gasteiger partial charge in [0.2, 0.25) is 0 Å². The molecule has 12 heavy (non-hydrogen) atoms. The molecule has 0 fully saturated rings. The Hall–Kier alpha value is -0.610. The molecular formula is C8H16O4. The Morgan fingerprint density at radius 2 is 2.08 bits per heavy atom. The highest BCUT2D eigenvalue weighted by molar-refractivity contribution is 5.74. The van der Waals surface area contributed by atoms with E-state index in [1.165, 1.54) is 7.11 Å². The molecule has 0 spiro atoms. The second-order valence-electron chi connectivity index (χ2n) is 2.64. The third-order valence-electron chi connectivity index (χ3n) is 1.54. The highest BCUT2D eigenvalue weighted by Gasteiger charge is 2.15. The molecule has 0 aromatic heterocycles. The van der Waals surface area contributed by atoms with Crippen LogP contribution in [0.3, 0.4) is 0 Å². The van der Waals surface area contributed by atoms with E-state index < -0.39 is 12.1 Å². The van der Waals surface area contributed by atoms with E-state index in [-0.39, 0.29) is 12.7 Å². The number of hydrogen-bond acceptors (Lipinski definition) is 4. The first-order valence-corrected chi connectivity index (χ1v) is 3.96. The van der Waals surface area contributed by atoms with Crippen molar-refractivity contribution in [3.8, 4) is 0 Å². The second kappa shape index (κ2) is 5.97. The molecule has 0 aromatic rings. The van der Waals surface area contributed by atoms with Crippen LogP contribution in [0.4, 0.5) is 0 Å². The Kier molecular flexibility index (Phi) is 5.66. The zero-order valence-corrected chi connectivity index (χ0v) is 7.74. The molecule has 0 rings (SSSR count). The number of hydrogen-bond donors (Lipinski definition) is 1. The summed E-state index contributed by atoms with van der Waals surface area (Å²) in [6.45, 7) is 3.38. The van der Waals surface area contributed by atoms with Gasteiger partial charge < -0.3 is 14.6 Å². The van der Waals surface area contributed by atoms with Gasteiger partial charge in [0.05, 0.1) is 0 Å². The molecule has 0 aromatic carbocycles. The molecule has 0 bridgehead atoms. The summed E-state index contributed by atoms with van der Waals surface area (Å²) in [7, 11) is 1.45. The average Bonchev–Trinajstić information content (AvgIpc) is 2.03. The Labute approximate surface area is 72.5 Å². The lowest BCUT2D eigenvalue weighted by Crippen LogP contribution is -2.26. The van der Waals surface area contributed by atoms with Crippen LogP contribution in [-0.4, -0.2) is 37.0 Å². The lowest BCUT2D eigenvalue weighted by molar-refractivity contribution is -0.159. The van der Waals surface area contributed by atoms with Crippen LogP contribution in [-0.2, 0) is 14.3 Å². The molecule has 0 saturated carbocycles. The third kappa shape index (κ3) is 4.31. The van der Waals surface area contributed by atoms with Gasteiger partial charge in [-0.1, -0.05) is 0 Å². The van der Waals surface area contributed by atoms with Crippen LogP contribution in [0.1, 0.15) is 20.3 Å². The van der Waals surface area contributed by atoms with E-state index >= 15 is 0 Å². The Morgan fingerprint density at radius 1 is 1.50 bits per heavy atom. The lowest BCUT2D eigenvalue weighted by atomic mass is 10.3. The minimum Gasteiger partial charge on any atom is -0.461 e. The van der Waals surface area contributed by atoms with Gasteiger partial charge in [-0.3, -0.25) is 0 Å². The summed E-state index contributed by atoms with van der Waals surface area (Å²) in [5.41, 5.74) is 0. The molecule has 4 nitrogen and oxygen atoms in total. The number of carbonyl (C=O) groups excluding carboxylic acids is 1. The van der Waals surface area contributed by atoms with Gasteiger partial charge in [-0.2, -0.15) is 0 Å². The maximum Gasteiger partial charge on any atom is 0.335 e. The van der Waals surface area contributed by atoms with Crippen LogP contribution in [0.2, 0.25) is 0 Å². The number of ether oxygens (including phenoxy) is 2. The van der Waals surface area contributed by atoms with E-state index in [0.29, 0.717) is 6.42 Å². The zero-order chi connectivity index (χ0) is 9.56. The largest absolute Gasteiger partial charge is 0.461 e. The Balaban J connectivity index is 3.67. The Bertz CT molecular complexity index is 135.